The summed E-state index contributed by atoms with van der Waals surface area (Å²) < 4.78 is 34.2. The Bertz CT molecular complexity index is 1420. The second kappa shape index (κ2) is 12.5. The molecule has 0 aliphatic carbocycles. The van der Waals surface area contributed by atoms with Crippen molar-refractivity contribution in [1.82, 2.24) is 14.9 Å². The van der Waals surface area contributed by atoms with Gasteiger partial charge in [-0.15, -0.1) is 0 Å². The molecule has 0 radical (unpaired) electrons. The van der Waals surface area contributed by atoms with Crippen molar-refractivity contribution in [3.8, 4) is 5.75 Å². The fourth-order valence-electron chi connectivity index (χ4n) is 5.12. The summed E-state index contributed by atoms with van der Waals surface area (Å²) in [6, 6.07) is 8.86. The molecule has 1 amide bonds. The molecule has 41 heavy (non-hydrogen) atoms. The average molecular weight is 566 g/mol. The molecule has 12 heteroatoms. The average Bonchev–Trinajstić information content (AvgIpc) is 3.49. The lowest BCUT2D eigenvalue weighted by Gasteiger charge is -2.36. The third-order valence-electron chi connectivity index (χ3n) is 7.31. The first-order valence-corrected chi connectivity index (χ1v) is 13.5. The van der Waals surface area contributed by atoms with Crippen LogP contribution in [0.2, 0.25) is 0 Å². The molecule has 2 fully saturated rings. The molecule has 10 nitrogen and oxygen atoms in total. The number of likely N-dealkylation sites (N-methyl/N-ethyl adjacent to an activating group) is 1. The first kappa shape index (κ1) is 28.2. The lowest BCUT2D eigenvalue weighted by atomic mass is 10.0. The number of piperazine rings is 1. The number of anilines is 5. The Balaban J connectivity index is 1.44. The van der Waals surface area contributed by atoms with Crippen molar-refractivity contribution in [3.05, 3.63) is 72.6 Å². The number of aromatic nitrogens is 2. The van der Waals surface area contributed by atoms with E-state index in [2.05, 4.69) is 43.9 Å². The van der Waals surface area contributed by atoms with Gasteiger partial charge in [0.2, 0.25) is 5.91 Å². The molecule has 0 saturated carbocycles. The van der Waals surface area contributed by atoms with Gasteiger partial charge in [0.05, 0.1) is 36.8 Å². The highest BCUT2D eigenvalue weighted by molar-refractivity contribution is 6.02. The van der Waals surface area contributed by atoms with Crippen molar-refractivity contribution >= 4 is 34.6 Å². The van der Waals surface area contributed by atoms with Crippen LogP contribution in [0.25, 0.3) is 0 Å². The predicted molar refractivity (Wildman–Crippen MR) is 154 cm³/mol. The van der Waals surface area contributed by atoms with E-state index in [1.54, 1.807) is 25.3 Å². The molecule has 0 unspecified atom stereocenters. The summed E-state index contributed by atoms with van der Waals surface area (Å²) in [5.74, 6) is -0.824. The van der Waals surface area contributed by atoms with Gasteiger partial charge in [0.15, 0.2) is 17.5 Å². The lowest BCUT2D eigenvalue weighted by molar-refractivity contribution is -0.111. The predicted octanol–water partition coefficient (Wildman–Crippen LogP) is 4.66. The number of ether oxygens (including phenoxy) is 1. The fraction of sp³-hybridized carbons (Fsp3) is 0.345. The van der Waals surface area contributed by atoms with Crippen molar-refractivity contribution in [3.63, 3.8) is 0 Å². The van der Waals surface area contributed by atoms with Crippen LogP contribution >= 0.6 is 0 Å². The van der Waals surface area contributed by atoms with Crippen molar-refractivity contribution in [1.29, 1.82) is 0 Å². The molecule has 0 bridgehead atoms. The Labute approximate surface area is 237 Å². The highest BCUT2D eigenvalue weighted by Gasteiger charge is 2.32. The van der Waals surface area contributed by atoms with Gasteiger partial charge < -0.3 is 25.2 Å². The number of halogens is 2. The van der Waals surface area contributed by atoms with E-state index in [4.69, 9.17) is 9.57 Å². The topological polar surface area (TPSA) is 95.1 Å². The molecule has 1 aromatic heterocycles. The Morgan fingerprint density at radius 1 is 1.17 bits per heavy atom. The van der Waals surface area contributed by atoms with E-state index in [1.165, 1.54) is 23.5 Å². The zero-order valence-corrected chi connectivity index (χ0v) is 23.1. The number of amides is 1. The summed E-state index contributed by atoms with van der Waals surface area (Å²) in [6.45, 7) is 10.5. The van der Waals surface area contributed by atoms with Crippen molar-refractivity contribution < 1.29 is 23.1 Å². The number of hydrogen-bond acceptors (Lipinski definition) is 9. The maximum absolute atomic E-state index is 14.6. The van der Waals surface area contributed by atoms with Gasteiger partial charge in [-0.25, -0.2) is 23.8 Å². The van der Waals surface area contributed by atoms with Crippen LogP contribution in [0.1, 0.15) is 24.9 Å². The third kappa shape index (κ3) is 6.08. The summed E-state index contributed by atoms with van der Waals surface area (Å²) in [7, 11) is 1.57. The molecule has 2 aliphatic rings. The van der Waals surface area contributed by atoms with Crippen molar-refractivity contribution in [2.45, 2.75) is 19.4 Å². The van der Waals surface area contributed by atoms with Crippen LogP contribution in [0.4, 0.5) is 37.5 Å². The van der Waals surface area contributed by atoms with E-state index in [9.17, 15) is 13.6 Å². The van der Waals surface area contributed by atoms with Crippen LogP contribution in [-0.2, 0) is 9.63 Å². The first-order chi connectivity index (χ1) is 19.9. The zero-order chi connectivity index (χ0) is 28.9. The molecule has 3 heterocycles. The quantitative estimate of drug-likeness (QED) is 0.360. The SMILES string of the molecule is C=CC(=O)Nc1cc(Nc2cc(N3OCC[C@@H]3c3cccc(F)c3F)ncn2)c(OC)cc1N1CCN(CC)CC1. The van der Waals surface area contributed by atoms with E-state index in [1.807, 2.05) is 6.07 Å². The maximum Gasteiger partial charge on any atom is 0.247 e. The van der Waals surface area contributed by atoms with Crippen LogP contribution < -0.4 is 25.3 Å². The molecule has 2 aliphatic heterocycles. The van der Waals surface area contributed by atoms with Crippen LogP contribution in [0, 0.1) is 11.6 Å². The minimum Gasteiger partial charge on any atom is -0.494 e. The van der Waals surface area contributed by atoms with Gasteiger partial charge >= 0.3 is 0 Å². The highest BCUT2D eigenvalue weighted by Crippen LogP contribution is 2.40. The molecular formula is C29H33F2N7O3. The number of nitrogens with zero attached hydrogens (tertiary/aromatic N) is 5. The van der Waals surface area contributed by atoms with Gasteiger partial charge in [0, 0.05) is 50.3 Å². The van der Waals surface area contributed by atoms with Crippen LogP contribution in [0.3, 0.4) is 0 Å². The number of carbonyl (C=O) groups is 1. The van der Waals surface area contributed by atoms with E-state index in [-0.39, 0.29) is 11.5 Å². The van der Waals surface area contributed by atoms with Gasteiger partial charge in [-0.1, -0.05) is 25.6 Å². The molecule has 3 aromatic rings. The molecule has 2 saturated heterocycles. The normalized spacial score (nSPS) is 17.4. The standard InChI is InChI=1S/C29H33F2N7O3/c1-4-28(39)35-21-15-22(25(40-3)16-24(21)37-12-10-36(5-2)11-13-37)34-26-17-27(33-18-32-26)38-23(9-14-41-38)19-7-6-8-20(30)29(19)31/h4,6-8,15-18,23H,1,5,9-14H2,2-3H3,(H,35,39)(H,32,33,34)/t23-/m1/s1. The zero-order valence-electron chi connectivity index (χ0n) is 23.1. The number of nitrogens with one attached hydrogen (secondary N) is 2. The molecule has 1 atom stereocenters. The second-order valence-corrected chi connectivity index (χ2v) is 9.68. The largest absolute Gasteiger partial charge is 0.494 e. The number of carbonyl (C=O) groups excluding carboxylic acids is 1. The smallest absolute Gasteiger partial charge is 0.247 e. The first-order valence-electron chi connectivity index (χ1n) is 13.5. The van der Waals surface area contributed by atoms with Gasteiger partial charge in [-0.05, 0) is 24.8 Å². The Morgan fingerprint density at radius 2 is 1.98 bits per heavy atom. The van der Waals surface area contributed by atoms with E-state index >= 15 is 0 Å². The van der Waals surface area contributed by atoms with Crippen molar-refractivity contribution in [2.24, 2.45) is 0 Å². The maximum atomic E-state index is 14.6. The molecule has 216 valence electrons. The minimum atomic E-state index is -0.915. The van der Waals surface area contributed by atoms with Gasteiger partial charge in [0.1, 0.15) is 17.9 Å². The highest BCUT2D eigenvalue weighted by atomic mass is 19.2. The van der Waals surface area contributed by atoms with Crippen LogP contribution in [0.15, 0.2) is 55.4 Å². The number of hydrogen-bond donors (Lipinski definition) is 2. The molecular weight excluding hydrogens is 532 g/mol. The summed E-state index contributed by atoms with van der Waals surface area (Å²) in [6.07, 6.45) is 3.04. The van der Waals surface area contributed by atoms with Gasteiger partial charge in [0.25, 0.3) is 0 Å². The number of rotatable bonds is 9. The van der Waals surface area contributed by atoms with E-state index in [0.29, 0.717) is 41.8 Å². The number of hydroxylamine groups is 1. The second-order valence-electron chi connectivity index (χ2n) is 9.68. The van der Waals surface area contributed by atoms with Gasteiger partial charge in [-0.2, -0.15) is 0 Å². The minimum absolute atomic E-state index is 0.190. The Kier molecular flexibility index (Phi) is 8.60. The van der Waals surface area contributed by atoms with Crippen LogP contribution in [-0.4, -0.2) is 67.2 Å². The number of methoxy groups -OCH3 is 1. The molecule has 0 spiro atoms. The summed E-state index contributed by atoms with van der Waals surface area (Å²) in [4.78, 5) is 31.3. The monoisotopic (exact) mass is 565 g/mol. The fourth-order valence-corrected chi connectivity index (χ4v) is 5.12. The van der Waals surface area contributed by atoms with E-state index < -0.39 is 17.7 Å². The third-order valence-corrected chi connectivity index (χ3v) is 7.31. The Morgan fingerprint density at radius 3 is 2.71 bits per heavy atom. The van der Waals surface area contributed by atoms with Gasteiger partial charge in [-0.3, -0.25) is 9.63 Å². The molecule has 2 N–H and O–H groups in total. The van der Waals surface area contributed by atoms with Crippen LogP contribution in [0.5, 0.6) is 5.75 Å². The summed E-state index contributed by atoms with van der Waals surface area (Å²) in [5.41, 5.74) is 2.19. The van der Waals surface area contributed by atoms with E-state index in [0.717, 1.165) is 44.5 Å². The number of benzene rings is 2. The molecule has 2 aromatic carbocycles. The Hall–Kier alpha value is -4.29. The van der Waals surface area contributed by atoms with Crippen molar-refractivity contribution in [2.75, 3.05) is 67.0 Å². The summed E-state index contributed by atoms with van der Waals surface area (Å²) >= 11 is 0. The lowest BCUT2D eigenvalue weighted by Crippen LogP contribution is -2.46. The summed E-state index contributed by atoms with van der Waals surface area (Å²) in [5, 5.41) is 7.63. The molecule has 5 rings (SSSR count).